The first-order valence-corrected chi connectivity index (χ1v) is 33.6. The highest BCUT2D eigenvalue weighted by molar-refractivity contribution is 7.09. The monoisotopic (exact) mass is 1290 g/mol. The molecule has 3 unspecified atom stereocenters. The Morgan fingerprint density at radius 2 is 1.37 bits per heavy atom. The van der Waals surface area contributed by atoms with E-state index in [-0.39, 0.29) is 104 Å². The van der Waals surface area contributed by atoms with Crippen molar-refractivity contribution in [3.05, 3.63) is 46.4 Å². The van der Waals surface area contributed by atoms with Crippen LogP contribution in [-0.4, -0.2) is 182 Å². The molecule has 2 saturated heterocycles. The van der Waals surface area contributed by atoms with Crippen molar-refractivity contribution in [1.29, 1.82) is 0 Å². The number of amides is 10. The highest BCUT2D eigenvalue weighted by Crippen LogP contribution is 2.31. The van der Waals surface area contributed by atoms with Crippen molar-refractivity contribution < 1.29 is 57.4 Å². The average molecular weight is 1290 g/mol. The second-order valence-electron chi connectivity index (χ2n) is 25.8. The molecule has 91 heavy (non-hydrogen) atoms. The summed E-state index contributed by atoms with van der Waals surface area (Å²) < 4.78 is 12.2. The highest BCUT2D eigenvalue weighted by Gasteiger charge is 2.44. The SMILES string of the molecule is CCC(C)C(=O)C1CCN(C(=O)CCC(=O)NC(C(=O)N[C@@H](CCCNC(N)=O)C(=O)Nc2ccc(C[C@H](NC(=O)[C@H](C)[C@@H](OC)[C@@H]3CCCN3C(=O)C[C@@H](OC)[C@H]([C@@H](C)CC)N(C)C(=O)[C@@H](NC(=O)C(NC)C(C)C)C(C)C)c3nccs3)cc2)C(C)C)CC1. The molecule has 4 rings (SSSR count). The number of benzene rings is 1. The molecule has 9 N–H and O–H groups in total. The number of carbonyl (C=O) groups is 10. The number of hydrogen-bond acceptors (Lipinski definition) is 15. The standard InChI is InChI=1S/C66H108N12O12S/c1-16-41(9)57(76(13)65(87)56(40(7)8)75-62(85)54(68-12)38(3)4)50(89-14)37-53(81)78-32-19-21-49(78)59(90-15)43(11)60(83)73-48(64-69-31-35-91-64)36-44-22-24-46(25-23-44)71-61(84)47(20-18-30-70-66(67)88)72-63(86)55(39(5)6)74-51(79)26-27-52(80)77-33-28-45(29-34-77)58(82)42(10)17-2/h22-25,31,35,38-43,45,47-50,54-57,59,68H,16-21,26-30,32-34,36-37H2,1-15H3,(H,71,84)(H,72,86)(H,73,83)(H,74,79)(H,75,85)(H3,67,70,88)/t41-,42?,43+,47-,48-,49-,50+,54?,55?,56-,57-,59+/m0/s1. The van der Waals surface area contributed by atoms with Crippen LogP contribution in [0.3, 0.4) is 0 Å². The lowest BCUT2D eigenvalue weighted by Crippen LogP contribution is -2.59. The number of likely N-dealkylation sites (tertiary alicyclic amines) is 2. The molecule has 0 aliphatic carbocycles. The summed E-state index contributed by atoms with van der Waals surface area (Å²) in [5.41, 5.74) is 6.50. The second-order valence-corrected chi connectivity index (χ2v) is 26.7. The van der Waals surface area contributed by atoms with Gasteiger partial charge in [-0.1, -0.05) is 94.7 Å². The van der Waals surface area contributed by atoms with Crippen molar-refractivity contribution in [2.45, 2.75) is 208 Å². The third kappa shape index (κ3) is 22.6. The number of aromatic nitrogens is 1. The Morgan fingerprint density at radius 1 is 0.736 bits per heavy atom. The summed E-state index contributed by atoms with van der Waals surface area (Å²) in [7, 11) is 6.50. The van der Waals surface area contributed by atoms with Gasteiger partial charge in [0.1, 0.15) is 28.9 Å². The highest BCUT2D eigenvalue weighted by atomic mass is 32.1. The Hall–Kier alpha value is -6.57. The van der Waals surface area contributed by atoms with Crippen LogP contribution in [0, 0.1) is 41.4 Å². The maximum absolute atomic E-state index is 14.6. The van der Waals surface area contributed by atoms with Crippen molar-refractivity contribution in [2.24, 2.45) is 47.2 Å². The summed E-state index contributed by atoms with van der Waals surface area (Å²) >= 11 is 1.38. The maximum atomic E-state index is 14.6. The van der Waals surface area contributed by atoms with E-state index in [4.69, 9.17) is 15.2 Å². The van der Waals surface area contributed by atoms with E-state index in [2.05, 4.69) is 42.2 Å². The van der Waals surface area contributed by atoms with Gasteiger partial charge >= 0.3 is 6.03 Å². The van der Waals surface area contributed by atoms with Crippen molar-refractivity contribution in [3.63, 3.8) is 0 Å². The van der Waals surface area contributed by atoms with Gasteiger partial charge in [-0.15, -0.1) is 11.3 Å². The Kier molecular flexibility index (Phi) is 32.0. The summed E-state index contributed by atoms with van der Waals surface area (Å²) in [6.07, 6.45) is 4.61. The molecule has 510 valence electrons. The number of carbonyl (C=O) groups excluding carboxylic acids is 10. The number of Topliss-reactive ketones (excluding diaryl/α,β-unsaturated/α-hetero) is 1. The minimum Gasteiger partial charge on any atom is -0.379 e. The van der Waals surface area contributed by atoms with E-state index < -0.39 is 90.1 Å². The first-order valence-electron chi connectivity index (χ1n) is 32.8. The lowest BCUT2D eigenvalue weighted by Gasteiger charge is -2.41. The van der Waals surface area contributed by atoms with E-state index in [1.807, 2.05) is 72.9 Å². The molecule has 1 aromatic heterocycles. The normalized spacial score (nSPS) is 18.2. The number of rotatable bonds is 37. The van der Waals surface area contributed by atoms with E-state index in [1.54, 1.807) is 67.9 Å². The second kappa shape index (κ2) is 37.8. The molecule has 2 fully saturated rings. The number of anilines is 1. The summed E-state index contributed by atoms with van der Waals surface area (Å²) in [5.74, 6) is -4.23. The lowest BCUT2D eigenvalue weighted by atomic mass is 9.85. The Balaban J connectivity index is 1.43. The van der Waals surface area contributed by atoms with Gasteiger partial charge in [0.15, 0.2) is 0 Å². The van der Waals surface area contributed by atoms with E-state index >= 15 is 0 Å². The largest absolute Gasteiger partial charge is 0.379 e. The number of thiazole rings is 1. The van der Waals surface area contributed by atoms with Gasteiger partial charge in [-0.3, -0.25) is 43.2 Å². The number of ketones is 1. The fraction of sp³-hybridized carbons (Fsp3) is 0.712. The minimum atomic E-state index is -1.10. The predicted octanol–water partition coefficient (Wildman–Crippen LogP) is 5.49. The smallest absolute Gasteiger partial charge is 0.312 e. The van der Waals surface area contributed by atoms with Gasteiger partial charge in [0.25, 0.3) is 0 Å². The third-order valence-electron chi connectivity index (χ3n) is 18.3. The lowest BCUT2D eigenvalue weighted by molar-refractivity contribution is -0.147. The molecule has 0 bridgehead atoms. The van der Waals surface area contributed by atoms with E-state index in [1.165, 1.54) is 25.6 Å². The maximum Gasteiger partial charge on any atom is 0.312 e. The number of ether oxygens (including phenoxy) is 2. The van der Waals surface area contributed by atoms with Crippen LogP contribution in [0.4, 0.5) is 10.5 Å². The Labute approximate surface area is 543 Å². The molecule has 0 saturated carbocycles. The van der Waals surface area contributed by atoms with Gasteiger partial charge in [-0.25, -0.2) is 9.78 Å². The molecule has 3 heterocycles. The van der Waals surface area contributed by atoms with Crippen LogP contribution in [-0.2, 0) is 59.0 Å². The number of piperidine rings is 1. The molecule has 25 heteroatoms. The number of methoxy groups -OCH3 is 2. The number of nitrogens with one attached hydrogen (secondary N) is 7. The molecule has 24 nitrogen and oxygen atoms in total. The molecule has 1 aromatic carbocycles. The molecule has 2 aliphatic rings. The number of likely N-dealkylation sites (N-methyl/N-ethyl adjacent to an activating group) is 2. The first-order chi connectivity index (χ1) is 43.1. The van der Waals surface area contributed by atoms with Crippen molar-refractivity contribution in [3.8, 4) is 0 Å². The van der Waals surface area contributed by atoms with Crippen LogP contribution >= 0.6 is 11.3 Å². The average Bonchev–Trinajstić information content (AvgIpc) is 1.92. The van der Waals surface area contributed by atoms with Crippen LogP contribution in [0.5, 0.6) is 0 Å². The zero-order valence-corrected chi connectivity index (χ0v) is 57.5. The molecule has 12 atom stereocenters. The topological polar surface area (TPSA) is 322 Å². The van der Waals surface area contributed by atoms with Crippen molar-refractivity contribution in [2.75, 3.05) is 59.8 Å². The first kappa shape index (κ1) is 76.9. The molecule has 2 aliphatic heterocycles. The van der Waals surface area contributed by atoms with Crippen LogP contribution in [0.1, 0.15) is 163 Å². The number of primary amides is 1. The fourth-order valence-electron chi connectivity index (χ4n) is 12.4. The number of nitrogens with two attached hydrogens (primary N) is 1. The molecule has 2 aromatic rings. The van der Waals surface area contributed by atoms with E-state index in [0.29, 0.717) is 68.9 Å². The molecule has 10 amide bonds. The summed E-state index contributed by atoms with van der Waals surface area (Å²) in [4.78, 5) is 145. The number of nitrogens with zero attached hydrogens (tertiary/aromatic N) is 4. The fourth-order valence-corrected chi connectivity index (χ4v) is 13.1. The summed E-state index contributed by atoms with van der Waals surface area (Å²) in [6, 6.07) is 1.29. The molecule has 0 spiro atoms. The van der Waals surface area contributed by atoms with Crippen LogP contribution in [0.25, 0.3) is 0 Å². The Bertz CT molecular complexity index is 2690. The van der Waals surface area contributed by atoms with Crippen LogP contribution in [0.2, 0.25) is 0 Å². The predicted molar refractivity (Wildman–Crippen MR) is 351 cm³/mol. The van der Waals surface area contributed by atoms with E-state index in [9.17, 15) is 47.9 Å². The minimum absolute atomic E-state index is 0.0101. The summed E-state index contributed by atoms with van der Waals surface area (Å²) in [5, 5.41) is 22.7. The van der Waals surface area contributed by atoms with Gasteiger partial charge in [0.05, 0.1) is 48.7 Å². The van der Waals surface area contributed by atoms with Crippen LogP contribution < -0.4 is 43.0 Å². The number of hydrogen-bond donors (Lipinski definition) is 8. The zero-order valence-electron chi connectivity index (χ0n) is 56.7. The molecular formula is C66H108N12O12S. The van der Waals surface area contributed by atoms with Crippen LogP contribution in [0.15, 0.2) is 35.8 Å². The van der Waals surface area contributed by atoms with Gasteiger partial charge in [0, 0.05) is 89.4 Å². The number of urea groups is 1. The third-order valence-corrected chi connectivity index (χ3v) is 19.1. The zero-order chi connectivity index (χ0) is 67.8. The van der Waals surface area contributed by atoms with Gasteiger partial charge in [-0.2, -0.15) is 0 Å². The van der Waals surface area contributed by atoms with Gasteiger partial charge in [0.2, 0.25) is 47.3 Å². The van der Waals surface area contributed by atoms with Gasteiger partial charge < -0.3 is 67.1 Å². The Morgan fingerprint density at radius 3 is 1.92 bits per heavy atom. The molecular weight excluding hydrogens is 1180 g/mol. The molecule has 0 radical (unpaired) electrons. The summed E-state index contributed by atoms with van der Waals surface area (Å²) in [6.45, 7) is 22.3. The van der Waals surface area contributed by atoms with Crippen molar-refractivity contribution in [1.82, 2.24) is 51.6 Å². The van der Waals surface area contributed by atoms with E-state index in [0.717, 1.165) is 12.0 Å². The van der Waals surface area contributed by atoms with Crippen molar-refractivity contribution >= 4 is 76.1 Å². The quantitative estimate of drug-likeness (QED) is 0.0388. The van der Waals surface area contributed by atoms with Gasteiger partial charge in [-0.05, 0) is 99.8 Å².